The topological polar surface area (TPSA) is 157 Å². The maximum Gasteiger partial charge on any atom is 0.255 e. The van der Waals surface area contributed by atoms with Gasteiger partial charge in [0, 0.05) is 17.6 Å². The summed E-state index contributed by atoms with van der Waals surface area (Å²) < 4.78 is 19.9. The maximum atomic E-state index is 14.8. The van der Waals surface area contributed by atoms with Gasteiger partial charge in [0.15, 0.2) is 11.6 Å². The van der Waals surface area contributed by atoms with Crippen LogP contribution in [0.2, 0.25) is 0 Å². The number of ether oxygens (including phenoxy) is 1. The van der Waals surface area contributed by atoms with Gasteiger partial charge in [0.1, 0.15) is 11.6 Å². The molecule has 188 valence electrons. The summed E-state index contributed by atoms with van der Waals surface area (Å²) in [5.41, 5.74) is 12.7. The van der Waals surface area contributed by atoms with Gasteiger partial charge < -0.3 is 32.2 Å². The van der Waals surface area contributed by atoms with Crippen LogP contribution < -0.4 is 32.2 Å². The number of methoxy groups -OCH3 is 1. The van der Waals surface area contributed by atoms with E-state index in [9.17, 15) is 14.0 Å². The quantitative estimate of drug-likeness (QED) is 0.319. The molecule has 36 heavy (non-hydrogen) atoms. The van der Waals surface area contributed by atoms with Gasteiger partial charge >= 0.3 is 0 Å². The fourth-order valence-electron chi connectivity index (χ4n) is 4.07. The van der Waals surface area contributed by atoms with E-state index in [1.807, 2.05) is 0 Å². The first-order valence-corrected chi connectivity index (χ1v) is 11.5. The predicted molar refractivity (Wildman–Crippen MR) is 135 cm³/mol. The number of aromatic nitrogens is 2. The molecule has 1 saturated carbocycles. The lowest BCUT2D eigenvalue weighted by Gasteiger charge is -2.30. The number of hydrogen-bond donors (Lipinski definition) is 5. The monoisotopic (exact) mass is 493 g/mol. The summed E-state index contributed by atoms with van der Waals surface area (Å²) in [6, 6.07) is 9.09. The number of carbonyl (C=O) groups excluding carboxylic acids is 2. The Kier molecular flexibility index (Phi) is 7.59. The second-order valence-electron chi connectivity index (χ2n) is 8.55. The van der Waals surface area contributed by atoms with Crippen molar-refractivity contribution in [2.45, 2.75) is 37.8 Å². The lowest BCUT2D eigenvalue weighted by atomic mass is 9.91. The zero-order valence-electron chi connectivity index (χ0n) is 19.8. The molecule has 11 heteroatoms. The highest BCUT2D eigenvalue weighted by Gasteiger charge is 2.24. The highest BCUT2D eigenvalue weighted by molar-refractivity contribution is 6.04. The first-order chi connectivity index (χ1) is 17.3. The van der Waals surface area contributed by atoms with Crippen molar-refractivity contribution >= 4 is 34.8 Å². The third kappa shape index (κ3) is 5.87. The Hall–Kier alpha value is -4.25. The van der Waals surface area contributed by atoms with Gasteiger partial charge in [-0.25, -0.2) is 9.37 Å². The van der Waals surface area contributed by atoms with Crippen LogP contribution in [-0.2, 0) is 0 Å². The van der Waals surface area contributed by atoms with E-state index in [4.69, 9.17) is 16.2 Å². The molecule has 1 unspecified atom stereocenters. The lowest BCUT2D eigenvalue weighted by Crippen LogP contribution is -2.43. The van der Waals surface area contributed by atoms with Crippen molar-refractivity contribution in [1.82, 2.24) is 9.97 Å². The Morgan fingerprint density at radius 2 is 1.86 bits per heavy atom. The first-order valence-electron chi connectivity index (χ1n) is 11.5. The van der Waals surface area contributed by atoms with Crippen molar-refractivity contribution in [3.8, 4) is 5.75 Å². The average molecular weight is 494 g/mol. The Morgan fingerprint density at radius 1 is 1.08 bits per heavy atom. The van der Waals surface area contributed by atoms with E-state index in [1.54, 1.807) is 30.3 Å². The molecule has 2 amide bonds. The predicted octanol–water partition coefficient (Wildman–Crippen LogP) is 3.40. The van der Waals surface area contributed by atoms with Crippen molar-refractivity contribution in [3.05, 3.63) is 65.7 Å². The third-order valence-electron chi connectivity index (χ3n) is 5.97. The number of anilines is 4. The van der Waals surface area contributed by atoms with E-state index < -0.39 is 11.7 Å². The van der Waals surface area contributed by atoms with Gasteiger partial charge in [-0.15, -0.1) is 0 Å². The van der Waals surface area contributed by atoms with Crippen LogP contribution in [0.4, 0.5) is 27.4 Å². The van der Waals surface area contributed by atoms with Crippen LogP contribution in [0.3, 0.4) is 0 Å². The molecule has 1 aliphatic rings. The van der Waals surface area contributed by atoms with E-state index in [1.165, 1.54) is 19.5 Å². The molecule has 0 spiro atoms. The number of primary amides is 1. The van der Waals surface area contributed by atoms with Crippen LogP contribution in [0.25, 0.3) is 0 Å². The molecule has 0 saturated heterocycles. The summed E-state index contributed by atoms with van der Waals surface area (Å²) in [4.78, 5) is 33.1. The number of benzene rings is 1. The Bertz CT molecular complexity index is 1270. The third-order valence-corrected chi connectivity index (χ3v) is 5.97. The molecular formula is C25H28FN7O3. The van der Waals surface area contributed by atoms with Crippen molar-refractivity contribution < 1.29 is 18.7 Å². The van der Waals surface area contributed by atoms with Crippen molar-refractivity contribution in [3.63, 3.8) is 0 Å². The molecule has 10 nitrogen and oxygen atoms in total. The van der Waals surface area contributed by atoms with E-state index in [2.05, 4.69) is 25.9 Å². The zero-order chi connectivity index (χ0) is 25.7. The van der Waals surface area contributed by atoms with Gasteiger partial charge in [-0.3, -0.25) is 14.6 Å². The number of nitrogens with zero attached hydrogens (tertiary/aromatic N) is 2. The Balaban J connectivity index is 1.56. The minimum Gasteiger partial charge on any atom is -0.497 e. The molecule has 2 aromatic heterocycles. The highest BCUT2D eigenvalue weighted by Crippen LogP contribution is 2.27. The smallest absolute Gasteiger partial charge is 0.255 e. The summed E-state index contributed by atoms with van der Waals surface area (Å²) >= 11 is 0. The molecule has 0 aliphatic heterocycles. The molecule has 2 atom stereocenters. The maximum absolute atomic E-state index is 14.8. The van der Waals surface area contributed by atoms with Crippen LogP contribution in [0, 0.1) is 5.82 Å². The van der Waals surface area contributed by atoms with Gasteiger partial charge in [0.05, 0.1) is 36.4 Å². The van der Waals surface area contributed by atoms with Crippen LogP contribution in [0.5, 0.6) is 5.75 Å². The second-order valence-corrected chi connectivity index (χ2v) is 8.55. The Morgan fingerprint density at radius 3 is 2.61 bits per heavy atom. The van der Waals surface area contributed by atoms with Gasteiger partial charge in [-0.2, -0.15) is 0 Å². The van der Waals surface area contributed by atoms with Gasteiger partial charge in [0.25, 0.3) is 11.8 Å². The zero-order valence-corrected chi connectivity index (χ0v) is 19.8. The SMILES string of the molecule is COc1cccc(C(=O)Nc2cncc(Nc3nc(NC4CCCC[C@@H]4N)c(F)cc3C(N)=O)c2)c1. The molecular weight excluding hydrogens is 465 g/mol. The molecule has 7 N–H and O–H groups in total. The normalized spacial score (nSPS) is 17.2. The van der Waals surface area contributed by atoms with Gasteiger partial charge in [0.2, 0.25) is 0 Å². The number of hydrogen-bond acceptors (Lipinski definition) is 8. The van der Waals surface area contributed by atoms with Crippen molar-refractivity contribution in [1.29, 1.82) is 0 Å². The number of nitrogens with one attached hydrogen (secondary N) is 3. The summed E-state index contributed by atoms with van der Waals surface area (Å²) in [7, 11) is 1.52. The minimum atomic E-state index is -0.847. The molecule has 2 heterocycles. The second kappa shape index (κ2) is 11.0. The van der Waals surface area contributed by atoms with Crippen LogP contribution in [-0.4, -0.2) is 41.0 Å². The number of nitrogens with two attached hydrogens (primary N) is 2. The summed E-state index contributed by atoms with van der Waals surface area (Å²) in [5.74, 6) is -1.34. The van der Waals surface area contributed by atoms with Crippen molar-refractivity contribution in [2.24, 2.45) is 11.5 Å². The van der Waals surface area contributed by atoms with Gasteiger partial charge in [-0.05, 0) is 43.2 Å². The fraction of sp³-hybridized carbons (Fsp3) is 0.280. The van der Waals surface area contributed by atoms with Crippen LogP contribution in [0.1, 0.15) is 46.4 Å². The average Bonchev–Trinajstić information content (AvgIpc) is 2.87. The molecule has 0 radical (unpaired) electrons. The van der Waals surface area contributed by atoms with Crippen LogP contribution >= 0.6 is 0 Å². The first kappa shape index (κ1) is 24.9. The van der Waals surface area contributed by atoms with E-state index in [-0.39, 0.29) is 35.2 Å². The van der Waals surface area contributed by atoms with Crippen molar-refractivity contribution in [2.75, 3.05) is 23.1 Å². The molecule has 4 rings (SSSR count). The molecule has 1 fully saturated rings. The number of rotatable bonds is 8. The lowest BCUT2D eigenvalue weighted by molar-refractivity contribution is 0.0997. The summed E-state index contributed by atoms with van der Waals surface area (Å²) in [6.45, 7) is 0. The number of pyridine rings is 2. The molecule has 1 aliphatic carbocycles. The largest absolute Gasteiger partial charge is 0.497 e. The van der Waals surface area contributed by atoms with E-state index >= 15 is 0 Å². The molecule has 0 bridgehead atoms. The van der Waals surface area contributed by atoms with E-state index in [0.29, 0.717) is 22.7 Å². The number of amides is 2. The minimum absolute atomic E-state index is 0.0275. The molecule has 1 aromatic carbocycles. The highest BCUT2D eigenvalue weighted by atomic mass is 19.1. The number of carbonyl (C=O) groups is 2. The van der Waals surface area contributed by atoms with Crippen LogP contribution in [0.15, 0.2) is 48.8 Å². The van der Waals surface area contributed by atoms with E-state index in [0.717, 1.165) is 31.7 Å². The van der Waals surface area contributed by atoms with Gasteiger partial charge in [-0.1, -0.05) is 18.9 Å². The Labute approximate surface area is 207 Å². The molecule has 3 aromatic rings. The number of halogens is 1. The summed E-state index contributed by atoms with van der Waals surface area (Å²) in [5, 5.41) is 8.79. The standard InChI is InChI=1S/C25H28FN7O3/c1-36-17-6-4-5-14(9-17)25(35)31-16-10-15(12-29-13-16)30-23-18(22(28)34)11-19(26)24(33-23)32-21-8-3-2-7-20(21)27/h4-6,9-13,20-21H,2-3,7-8,27H2,1H3,(H2,28,34)(H,31,35)(H2,30,32,33)/t20-,21?/m0/s1. The fourth-order valence-corrected chi connectivity index (χ4v) is 4.07. The summed E-state index contributed by atoms with van der Waals surface area (Å²) in [6.07, 6.45) is 6.58.